The molecule has 0 bridgehead atoms. The Balaban J connectivity index is 2.17. The average Bonchev–Trinajstić information content (AvgIpc) is 2.71. The number of hydrogen-bond acceptors (Lipinski definition) is 5. The van der Waals surface area contributed by atoms with Crippen molar-refractivity contribution < 1.29 is 22.3 Å². The third-order valence-electron chi connectivity index (χ3n) is 4.58. The number of rotatable bonds is 6. The molecule has 0 unspecified atom stereocenters. The van der Waals surface area contributed by atoms with Crippen molar-refractivity contribution in [1.82, 2.24) is 9.78 Å². The quantitative estimate of drug-likeness (QED) is 0.615. The fourth-order valence-corrected chi connectivity index (χ4v) is 3.49. The molecule has 3 N–H and O–H groups in total. The van der Waals surface area contributed by atoms with Gasteiger partial charge in [0.2, 0.25) is 10.0 Å². The highest BCUT2D eigenvalue weighted by molar-refractivity contribution is 7.89. The molecule has 0 amide bonds. The van der Waals surface area contributed by atoms with E-state index >= 15 is 0 Å². The molecule has 1 atom stereocenters. The van der Waals surface area contributed by atoms with Crippen molar-refractivity contribution in [3.63, 3.8) is 0 Å². The van der Waals surface area contributed by atoms with E-state index in [0.717, 1.165) is 16.8 Å². The van der Waals surface area contributed by atoms with Crippen LogP contribution in [0.4, 0.5) is 8.78 Å². The van der Waals surface area contributed by atoms with Crippen LogP contribution in [0.2, 0.25) is 0 Å². The molecular weight excluding hydrogens is 416 g/mol. The minimum absolute atomic E-state index is 0.0490. The zero-order chi connectivity index (χ0) is 22.1. The molecule has 0 fully saturated rings. The van der Waals surface area contributed by atoms with E-state index in [1.54, 1.807) is 6.92 Å². The summed E-state index contributed by atoms with van der Waals surface area (Å²) in [4.78, 5) is 13.0. The fraction of sp³-hybridized carbons (Fsp3) is 0.200. The lowest BCUT2D eigenvalue weighted by atomic mass is 9.95. The molecule has 0 aliphatic heterocycles. The highest BCUT2D eigenvalue weighted by atomic mass is 32.2. The van der Waals surface area contributed by atoms with Gasteiger partial charge in [-0.05, 0) is 42.2 Å². The van der Waals surface area contributed by atoms with E-state index in [4.69, 9.17) is 5.14 Å². The molecule has 0 aliphatic rings. The summed E-state index contributed by atoms with van der Waals surface area (Å²) >= 11 is 0. The van der Waals surface area contributed by atoms with Gasteiger partial charge in [-0.2, -0.15) is 9.78 Å². The van der Waals surface area contributed by atoms with Gasteiger partial charge in [-0.15, -0.1) is 0 Å². The van der Waals surface area contributed by atoms with Gasteiger partial charge in [-0.25, -0.2) is 22.3 Å². The highest BCUT2D eigenvalue weighted by Gasteiger charge is 2.18. The lowest BCUT2D eigenvalue weighted by Crippen LogP contribution is -2.27. The van der Waals surface area contributed by atoms with Crippen molar-refractivity contribution >= 4 is 10.0 Å². The van der Waals surface area contributed by atoms with Crippen LogP contribution < -0.4 is 10.7 Å². The molecule has 158 valence electrons. The molecule has 30 heavy (non-hydrogen) atoms. The van der Waals surface area contributed by atoms with Gasteiger partial charge in [0, 0.05) is 23.8 Å². The molecule has 1 heterocycles. The topological polar surface area (TPSA) is 115 Å². The van der Waals surface area contributed by atoms with Gasteiger partial charge < -0.3 is 5.11 Å². The van der Waals surface area contributed by atoms with Crippen molar-refractivity contribution in [2.24, 2.45) is 11.1 Å². The van der Waals surface area contributed by atoms with E-state index in [0.29, 0.717) is 16.7 Å². The largest absolute Gasteiger partial charge is 0.396 e. The molecule has 3 rings (SSSR count). The molecule has 1 aromatic heterocycles. The van der Waals surface area contributed by atoms with Crippen LogP contribution in [0.3, 0.4) is 0 Å². The molecule has 7 nitrogen and oxygen atoms in total. The van der Waals surface area contributed by atoms with Crippen LogP contribution in [0.15, 0.2) is 58.4 Å². The molecule has 3 aromatic rings. The maximum absolute atomic E-state index is 13.6. The summed E-state index contributed by atoms with van der Waals surface area (Å²) in [7, 11) is -3.87. The molecule has 0 saturated heterocycles. The Hall–Kier alpha value is -2.95. The minimum Gasteiger partial charge on any atom is -0.396 e. The van der Waals surface area contributed by atoms with Gasteiger partial charge in [0.15, 0.2) is 11.6 Å². The first kappa shape index (κ1) is 21.8. The van der Waals surface area contributed by atoms with Crippen molar-refractivity contribution in [1.29, 1.82) is 0 Å². The third kappa shape index (κ3) is 4.45. The lowest BCUT2D eigenvalue weighted by Gasteiger charge is -2.15. The summed E-state index contributed by atoms with van der Waals surface area (Å²) < 4.78 is 50.8. The molecule has 0 spiro atoms. The molecule has 10 heteroatoms. The van der Waals surface area contributed by atoms with Gasteiger partial charge in [-0.3, -0.25) is 4.79 Å². The number of halogens is 2. The maximum atomic E-state index is 13.6. The predicted octanol–water partition coefficient (Wildman–Crippen LogP) is 2.00. The second-order valence-corrected chi connectivity index (χ2v) is 8.47. The van der Waals surface area contributed by atoms with Crippen molar-refractivity contribution in [3.8, 4) is 16.8 Å². The van der Waals surface area contributed by atoms with E-state index in [1.165, 1.54) is 36.5 Å². The van der Waals surface area contributed by atoms with E-state index in [-0.39, 0.29) is 29.5 Å². The Bertz CT molecular complexity index is 1240. The van der Waals surface area contributed by atoms with Crippen LogP contribution in [-0.4, -0.2) is 29.9 Å². The van der Waals surface area contributed by atoms with Crippen LogP contribution in [0.25, 0.3) is 16.8 Å². The van der Waals surface area contributed by atoms with Crippen LogP contribution in [-0.2, 0) is 16.4 Å². The van der Waals surface area contributed by atoms with E-state index < -0.39 is 27.2 Å². The van der Waals surface area contributed by atoms with Gasteiger partial charge in [0.1, 0.15) is 0 Å². The van der Waals surface area contributed by atoms with Crippen molar-refractivity contribution in [2.45, 2.75) is 18.2 Å². The minimum atomic E-state index is -3.87. The van der Waals surface area contributed by atoms with Crippen LogP contribution in [0.5, 0.6) is 0 Å². The van der Waals surface area contributed by atoms with Gasteiger partial charge in [-0.1, -0.05) is 19.1 Å². The number of aromatic nitrogens is 2. The third-order valence-corrected chi connectivity index (χ3v) is 5.51. The van der Waals surface area contributed by atoms with Gasteiger partial charge >= 0.3 is 0 Å². The van der Waals surface area contributed by atoms with Crippen LogP contribution in [0, 0.1) is 17.6 Å². The normalized spacial score (nSPS) is 12.7. The molecular formula is C20H19F2N3O4S. The second kappa shape index (κ2) is 8.42. The van der Waals surface area contributed by atoms with Crippen molar-refractivity contribution in [2.75, 3.05) is 6.61 Å². The SMILES string of the molecule is C[C@H](CO)Cc1c(-c2ccc(S(N)(=O)=O)cc2)cnn(-c2ccc(F)c(F)c2)c1=O. The van der Waals surface area contributed by atoms with Crippen LogP contribution >= 0.6 is 0 Å². The van der Waals surface area contributed by atoms with E-state index in [9.17, 15) is 27.1 Å². The second-order valence-electron chi connectivity index (χ2n) is 6.91. The first-order chi connectivity index (χ1) is 14.1. The first-order valence-electron chi connectivity index (χ1n) is 8.92. The lowest BCUT2D eigenvalue weighted by molar-refractivity contribution is 0.236. The zero-order valence-corrected chi connectivity index (χ0v) is 16.7. The number of aliphatic hydroxyl groups is 1. The van der Waals surface area contributed by atoms with Crippen molar-refractivity contribution in [3.05, 3.63) is 76.2 Å². The van der Waals surface area contributed by atoms with Gasteiger partial charge in [0.25, 0.3) is 5.56 Å². The summed E-state index contributed by atoms with van der Waals surface area (Å²) in [6.07, 6.45) is 1.57. The number of nitrogens with two attached hydrogens (primary N) is 1. The molecule has 0 radical (unpaired) electrons. The molecule has 0 saturated carbocycles. The number of aliphatic hydroxyl groups excluding tert-OH is 1. The summed E-state index contributed by atoms with van der Waals surface area (Å²) in [5.74, 6) is -2.43. The number of sulfonamides is 1. The van der Waals surface area contributed by atoms with E-state index in [2.05, 4.69) is 5.10 Å². The number of nitrogens with zero attached hydrogens (tertiary/aromatic N) is 2. The Kier molecular flexibility index (Phi) is 6.11. The van der Waals surface area contributed by atoms with Crippen LogP contribution in [0.1, 0.15) is 12.5 Å². The molecule has 2 aromatic carbocycles. The smallest absolute Gasteiger partial charge is 0.275 e. The summed E-state index contributed by atoms with van der Waals surface area (Å²) in [5.41, 5.74) is 0.728. The number of benzene rings is 2. The average molecular weight is 435 g/mol. The van der Waals surface area contributed by atoms with E-state index in [1.807, 2.05) is 0 Å². The zero-order valence-electron chi connectivity index (χ0n) is 15.9. The summed E-state index contributed by atoms with van der Waals surface area (Å²) in [6.45, 7) is 1.58. The fourth-order valence-electron chi connectivity index (χ4n) is 2.97. The first-order valence-corrected chi connectivity index (χ1v) is 10.5. The summed E-state index contributed by atoms with van der Waals surface area (Å²) in [5, 5.41) is 18.6. The number of hydrogen-bond donors (Lipinski definition) is 2. The maximum Gasteiger partial charge on any atom is 0.275 e. The molecule has 0 aliphatic carbocycles. The Morgan fingerprint density at radius 2 is 1.80 bits per heavy atom. The standard InChI is InChI=1S/C20H19F2N3O4S/c1-12(11-26)8-16-17(13-2-5-15(6-3-13)30(23,28)29)10-24-25(20(16)27)14-4-7-18(21)19(22)9-14/h2-7,9-10,12,26H,8,11H2,1H3,(H2,23,28,29)/t12-/m0/s1. The Morgan fingerprint density at radius 1 is 1.13 bits per heavy atom. The van der Waals surface area contributed by atoms with Gasteiger partial charge in [0.05, 0.1) is 16.8 Å². The predicted molar refractivity (Wildman–Crippen MR) is 107 cm³/mol. The number of primary sulfonamides is 1. The highest BCUT2D eigenvalue weighted by Crippen LogP contribution is 2.25. The Labute approximate surface area is 171 Å². The Morgan fingerprint density at radius 3 is 2.37 bits per heavy atom. The monoisotopic (exact) mass is 435 g/mol. The summed E-state index contributed by atoms with van der Waals surface area (Å²) in [6, 6.07) is 8.59.